The zero-order valence-electron chi connectivity index (χ0n) is 9.47. The molecule has 0 bridgehead atoms. The van der Waals surface area contributed by atoms with Crippen LogP contribution in [0, 0.1) is 11.3 Å². The van der Waals surface area contributed by atoms with Crippen LogP contribution in [0.25, 0.3) is 0 Å². The van der Waals surface area contributed by atoms with E-state index in [0.717, 1.165) is 12.8 Å². The van der Waals surface area contributed by atoms with Crippen molar-refractivity contribution in [2.24, 2.45) is 0 Å². The van der Waals surface area contributed by atoms with Crippen LogP contribution in [-0.2, 0) is 0 Å². The third kappa shape index (κ3) is 11.2. The van der Waals surface area contributed by atoms with Crippen LogP contribution in [0.1, 0.15) is 64.7 Å². The maximum absolute atomic E-state index is 8.33. The Kier molecular flexibility index (Phi) is 11.6. The van der Waals surface area contributed by atoms with Gasteiger partial charge in [-0.25, -0.2) is 0 Å². The van der Waals surface area contributed by atoms with Gasteiger partial charge in [0.25, 0.3) is 0 Å². The van der Waals surface area contributed by atoms with Crippen molar-refractivity contribution < 1.29 is 0 Å². The fourth-order valence-electron chi connectivity index (χ4n) is 1.39. The number of unbranched alkanes of at least 4 members (excludes halogenated alkanes) is 7. The molecule has 0 aliphatic heterocycles. The Hall–Kier alpha value is -0.770. The second-order valence-corrected chi connectivity index (χ2v) is 3.72. The minimum atomic E-state index is 0.722. The van der Waals surface area contributed by atoms with Gasteiger partial charge in [0.15, 0.2) is 0 Å². The van der Waals surface area contributed by atoms with Crippen molar-refractivity contribution in [2.75, 3.05) is 0 Å². The Labute approximate surface area is 88.8 Å². The summed E-state index contributed by atoms with van der Waals surface area (Å²) in [6, 6.07) is 2.17. The number of rotatable bonds is 9. The van der Waals surface area contributed by atoms with Crippen LogP contribution in [0.15, 0.2) is 12.2 Å². The molecule has 0 rings (SSSR count). The molecule has 0 saturated carbocycles. The largest absolute Gasteiger partial charge is 0.198 e. The van der Waals surface area contributed by atoms with Crippen LogP contribution in [0.3, 0.4) is 0 Å². The molecule has 0 radical (unpaired) electrons. The van der Waals surface area contributed by atoms with E-state index >= 15 is 0 Å². The van der Waals surface area contributed by atoms with E-state index in [0.29, 0.717) is 0 Å². The standard InChI is InChI=1S/C13H23N/c1-2-3-4-5-6-7-8-9-10-11-12-13-14/h6-7H,2-5,8-12H2,1H3/b7-6+. The third-order valence-electron chi connectivity index (χ3n) is 2.30. The third-order valence-corrected chi connectivity index (χ3v) is 2.30. The fourth-order valence-corrected chi connectivity index (χ4v) is 1.39. The summed E-state index contributed by atoms with van der Waals surface area (Å²) in [5.41, 5.74) is 0. The van der Waals surface area contributed by atoms with Gasteiger partial charge in [0.1, 0.15) is 0 Å². The Morgan fingerprint density at radius 1 is 0.929 bits per heavy atom. The molecule has 0 aliphatic rings. The molecule has 0 aliphatic carbocycles. The molecule has 80 valence electrons. The molecular weight excluding hydrogens is 170 g/mol. The average Bonchev–Trinajstić information content (AvgIpc) is 2.21. The first-order valence-electron chi connectivity index (χ1n) is 5.93. The van der Waals surface area contributed by atoms with Gasteiger partial charge in [-0.15, -0.1) is 0 Å². The van der Waals surface area contributed by atoms with Crippen molar-refractivity contribution >= 4 is 0 Å². The van der Waals surface area contributed by atoms with Crippen molar-refractivity contribution in [3.63, 3.8) is 0 Å². The Morgan fingerprint density at radius 3 is 2.14 bits per heavy atom. The van der Waals surface area contributed by atoms with Crippen molar-refractivity contribution in [3.05, 3.63) is 12.2 Å². The van der Waals surface area contributed by atoms with E-state index in [2.05, 4.69) is 25.1 Å². The molecular formula is C13H23N. The molecule has 0 aromatic carbocycles. The normalized spacial score (nSPS) is 10.6. The molecule has 14 heavy (non-hydrogen) atoms. The van der Waals surface area contributed by atoms with E-state index in [9.17, 15) is 0 Å². The highest BCUT2D eigenvalue weighted by Gasteiger charge is 1.86. The maximum atomic E-state index is 8.33. The van der Waals surface area contributed by atoms with E-state index in [1.165, 1.54) is 44.9 Å². The SMILES string of the molecule is CCCCC/C=C/CCCCCC#N. The number of hydrogen-bond donors (Lipinski definition) is 0. The fraction of sp³-hybridized carbons (Fsp3) is 0.769. The van der Waals surface area contributed by atoms with Crippen LogP contribution in [-0.4, -0.2) is 0 Å². The minimum Gasteiger partial charge on any atom is -0.198 e. The molecule has 0 saturated heterocycles. The summed E-state index contributed by atoms with van der Waals surface area (Å²) in [7, 11) is 0. The smallest absolute Gasteiger partial charge is 0.0621 e. The molecule has 0 unspecified atom stereocenters. The summed E-state index contributed by atoms with van der Waals surface area (Å²) < 4.78 is 0. The molecule has 1 heteroatoms. The number of nitrogens with zero attached hydrogens (tertiary/aromatic N) is 1. The van der Waals surface area contributed by atoms with Gasteiger partial charge in [-0.05, 0) is 32.1 Å². The molecule has 0 fully saturated rings. The van der Waals surface area contributed by atoms with E-state index in [-0.39, 0.29) is 0 Å². The number of allylic oxidation sites excluding steroid dienone is 2. The van der Waals surface area contributed by atoms with Gasteiger partial charge in [-0.2, -0.15) is 5.26 Å². The van der Waals surface area contributed by atoms with E-state index in [1.807, 2.05) is 0 Å². The topological polar surface area (TPSA) is 23.8 Å². The van der Waals surface area contributed by atoms with Gasteiger partial charge in [0, 0.05) is 6.42 Å². The van der Waals surface area contributed by atoms with Crippen molar-refractivity contribution in [3.8, 4) is 6.07 Å². The van der Waals surface area contributed by atoms with Gasteiger partial charge >= 0.3 is 0 Å². The van der Waals surface area contributed by atoms with Crippen molar-refractivity contribution in [1.82, 2.24) is 0 Å². The Balaban J connectivity index is 3.00. The molecule has 1 nitrogen and oxygen atoms in total. The lowest BCUT2D eigenvalue weighted by Gasteiger charge is -1.94. The lowest BCUT2D eigenvalue weighted by atomic mass is 10.1. The highest BCUT2D eigenvalue weighted by Crippen LogP contribution is 2.04. The highest BCUT2D eigenvalue weighted by atomic mass is 14.2. The van der Waals surface area contributed by atoms with Gasteiger partial charge in [-0.3, -0.25) is 0 Å². The predicted molar refractivity (Wildman–Crippen MR) is 62.0 cm³/mol. The zero-order valence-corrected chi connectivity index (χ0v) is 9.47. The first-order chi connectivity index (χ1) is 6.91. The second kappa shape index (κ2) is 12.2. The highest BCUT2D eigenvalue weighted by molar-refractivity contribution is 4.81. The average molecular weight is 193 g/mol. The maximum Gasteiger partial charge on any atom is 0.0621 e. The Bertz CT molecular complexity index is 165. The summed E-state index contributed by atoms with van der Waals surface area (Å²) in [5, 5.41) is 8.33. The van der Waals surface area contributed by atoms with E-state index in [1.54, 1.807) is 0 Å². The Morgan fingerprint density at radius 2 is 1.57 bits per heavy atom. The van der Waals surface area contributed by atoms with Crippen LogP contribution < -0.4 is 0 Å². The first-order valence-corrected chi connectivity index (χ1v) is 5.93. The lowest BCUT2D eigenvalue weighted by Crippen LogP contribution is -1.75. The first kappa shape index (κ1) is 13.2. The van der Waals surface area contributed by atoms with Crippen LogP contribution in [0.4, 0.5) is 0 Å². The summed E-state index contributed by atoms with van der Waals surface area (Å²) >= 11 is 0. The zero-order chi connectivity index (χ0) is 10.5. The van der Waals surface area contributed by atoms with Gasteiger partial charge in [-0.1, -0.05) is 38.3 Å². The van der Waals surface area contributed by atoms with Crippen molar-refractivity contribution in [1.29, 1.82) is 5.26 Å². The van der Waals surface area contributed by atoms with Crippen LogP contribution in [0.5, 0.6) is 0 Å². The summed E-state index contributed by atoms with van der Waals surface area (Å²) in [6.45, 7) is 2.24. The molecule has 0 heterocycles. The molecule has 0 spiro atoms. The summed E-state index contributed by atoms with van der Waals surface area (Å²) in [6.07, 6.45) is 15.3. The molecule has 0 N–H and O–H groups in total. The predicted octanol–water partition coefficient (Wildman–Crippen LogP) is 4.60. The quantitative estimate of drug-likeness (QED) is 0.388. The second-order valence-electron chi connectivity index (χ2n) is 3.72. The van der Waals surface area contributed by atoms with Crippen LogP contribution >= 0.6 is 0 Å². The van der Waals surface area contributed by atoms with E-state index < -0.39 is 0 Å². The minimum absolute atomic E-state index is 0.722. The van der Waals surface area contributed by atoms with Gasteiger partial charge in [0.05, 0.1) is 6.07 Å². The molecule has 0 amide bonds. The van der Waals surface area contributed by atoms with E-state index in [4.69, 9.17) is 5.26 Å². The summed E-state index contributed by atoms with van der Waals surface area (Å²) in [5.74, 6) is 0. The lowest BCUT2D eigenvalue weighted by molar-refractivity contribution is 0.695. The molecule has 0 aromatic heterocycles. The van der Waals surface area contributed by atoms with Crippen molar-refractivity contribution in [2.45, 2.75) is 64.7 Å². The summed E-state index contributed by atoms with van der Waals surface area (Å²) in [4.78, 5) is 0. The van der Waals surface area contributed by atoms with Crippen LogP contribution in [0.2, 0.25) is 0 Å². The molecule has 0 atom stereocenters. The van der Waals surface area contributed by atoms with Gasteiger partial charge in [0.2, 0.25) is 0 Å². The monoisotopic (exact) mass is 193 g/mol. The number of hydrogen-bond acceptors (Lipinski definition) is 1. The molecule has 0 aromatic rings. The number of nitriles is 1. The van der Waals surface area contributed by atoms with Gasteiger partial charge < -0.3 is 0 Å².